The molecule has 1 aliphatic carbocycles. The lowest BCUT2D eigenvalue weighted by molar-refractivity contribution is 0.126. The first-order valence-electron chi connectivity index (χ1n) is 10.6. The second-order valence-corrected chi connectivity index (χ2v) is 8.03. The zero-order valence-electron chi connectivity index (χ0n) is 17.4. The third-order valence-electron chi connectivity index (χ3n) is 5.70. The van der Waals surface area contributed by atoms with Crippen LogP contribution in [0, 0.1) is 6.92 Å². The summed E-state index contributed by atoms with van der Waals surface area (Å²) in [6.45, 7) is 2.01. The van der Waals surface area contributed by atoms with Crippen molar-refractivity contribution in [2.45, 2.75) is 44.8 Å². The van der Waals surface area contributed by atoms with Gasteiger partial charge in [-0.3, -0.25) is 9.38 Å². The van der Waals surface area contributed by atoms with Crippen LogP contribution in [0.15, 0.2) is 55.2 Å². The maximum atomic E-state index is 9.74. The van der Waals surface area contributed by atoms with Crippen LogP contribution in [0.3, 0.4) is 0 Å². The highest BCUT2D eigenvalue weighted by Crippen LogP contribution is 2.27. The number of hydrogen-bond donors (Lipinski definition) is 3. The summed E-state index contributed by atoms with van der Waals surface area (Å²) in [7, 11) is 0. The number of hydrogen-bond acceptors (Lipinski definition) is 7. The van der Waals surface area contributed by atoms with Gasteiger partial charge in [0, 0.05) is 24.6 Å². The number of imidazole rings is 1. The summed E-state index contributed by atoms with van der Waals surface area (Å²) < 4.78 is 2.04. The topological polar surface area (TPSA) is 100 Å². The molecule has 0 radical (unpaired) electrons. The van der Waals surface area contributed by atoms with Crippen molar-refractivity contribution in [1.82, 2.24) is 24.3 Å². The second-order valence-electron chi connectivity index (χ2n) is 8.03. The Morgan fingerprint density at radius 3 is 2.68 bits per heavy atom. The molecule has 0 spiro atoms. The molecule has 8 heteroatoms. The first kappa shape index (κ1) is 19.4. The molecular weight excluding hydrogens is 390 g/mol. The third-order valence-corrected chi connectivity index (χ3v) is 5.70. The molecule has 0 bridgehead atoms. The van der Waals surface area contributed by atoms with Gasteiger partial charge in [0.1, 0.15) is 5.65 Å². The molecule has 31 heavy (non-hydrogen) atoms. The number of nitrogens with zero attached hydrogens (tertiary/aromatic N) is 5. The van der Waals surface area contributed by atoms with Crippen molar-refractivity contribution in [3.63, 3.8) is 0 Å². The Morgan fingerprint density at radius 2 is 1.87 bits per heavy atom. The van der Waals surface area contributed by atoms with Gasteiger partial charge in [0.25, 0.3) is 0 Å². The van der Waals surface area contributed by atoms with E-state index >= 15 is 0 Å². The first-order chi connectivity index (χ1) is 15.2. The van der Waals surface area contributed by atoms with Gasteiger partial charge in [-0.15, -0.1) is 0 Å². The van der Waals surface area contributed by atoms with E-state index in [2.05, 4.69) is 25.6 Å². The molecule has 0 amide bonds. The number of aliphatic hydroxyl groups is 1. The molecular formula is C23H25N7O. The van der Waals surface area contributed by atoms with Gasteiger partial charge >= 0.3 is 0 Å². The Morgan fingerprint density at radius 1 is 1.00 bits per heavy atom. The van der Waals surface area contributed by atoms with Gasteiger partial charge in [0.2, 0.25) is 5.95 Å². The Bertz CT molecular complexity index is 1180. The minimum atomic E-state index is -0.180. The van der Waals surface area contributed by atoms with E-state index in [0.29, 0.717) is 5.95 Å². The number of pyridine rings is 2. The van der Waals surface area contributed by atoms with Crippen LogP contribution in [0.1, 0.15) is 31.2 Å². The summed E-state index contributed by atoms with van der Waals surface area (Å²) in [5, 5.41) is 16.5. The number of fused-ring (bicyclic) bond motifs is 1. The lowest BCUT2D eigenvalue weighted by Crippen LogP contribution is -2.29. The van der Waals surface area contributed by atoms with Crippen LogP contribution in [0.2, 0.25) is 0 Å². The zero-order chi connectivity index (χ0) is 21.2. The van der Waals surface area contributed by atoms with E-state index in [1.54, 1.807) is 12.4 Å². The normalized spacial score (nSPS) is 18.8. The summed E-state index contributed by atoms with van der Waals surface area (Å²) >= 11 is 0. The van der Waals surface area contributed by atoms with Gasteiger partial charge in [-0.25, -0.2) is 15.0 Å². The quantitative estimate of drug-likeness (QED) is 0.454. The molecule has 0 aliphatic heterocycles. The van der Waals surface area contributed by atoms with Gasteiger partial charge in [-0.1, -0.05) is 0 Å². The van der Waals surface area contributed by atoms with Crippen LogP contribution < -0.4 is 10.6 Å². The maximum absolute atomic E-state index is 9.74. The SMILES string of the molecule is Cc1cnc(N[C@H]2CC[C@H](O)CC2)nc1-c1cnc2ccc(Nc3cccnc3)cn12. The fourth-order valence-electron chi connectivity index (χ4n) is 4.01. The maximum Gasteiger partial charge on any atom is 0.223 e. The van der Waals surface area contributed by atoms with Crippen LogP contribution in [0.4, 0.5) is 17.3 Å². The molecule has 1 fully saturated rings. The highest BCUT2D eigenvalue weighted by Gasteiger charge is 2.20. The van der Waals surface area contributed by atoms with Gasteiger partial charge < -0.3 is 15.7 Å². The number of aromatic nitrogens is 5. The molecule has 4 aromatic rings. The molecule has 0 atom stereocenters. The number of rotatable bonds is 5. The molecule has 0 unspecified atom stereocenters. The van der Waals surface area contributed by atoms with E-state index in [4.69, 9.17) is 4.98 Å². The van der Waals surface area contributed by atoms with Crippen LogP contribution in [-0.2, 0) is 0 Å². The molecule has 4 aromatic heterocycles. The molecule has 0 aromatic carbocycles. The summed E-state index contributed by atoms with van der Waals surface area (Å²) in [4.78, 5) is 18.0. The molecule has 4 heterocycles. The lowest BCUT2D eigenvalue weighted by atomic mass is 9.93. The summed E-state index contributed by atoms with van der Waals surface area (Å²) in [5.74, 6) is 0.613. The fraction of sp³-hybridized carbons (Fsp3) is 0.304. The van der Waals surface area contributed by atoms with Crippen molar-refractivity contribution in [1.29, 1.82) is 0 Å². The number of anilines is 3. The van der Waals surface area contributed by atoms with E-state index < -0.39 is 0 Å². The first-order valence-corrected chi connectivity index (χ1v) is 10.6. The number of nitrogens with one attached hydrogen (secondary N) is 2. The molecule has 3 N–H and O–H groups in total. The summed E-state index contributed by atoms with van der Waals surface area (Å²) in [5.41, 5.74) is 5.44. The van der Waals surface area contributed by atoms with E-state index in [1.165, 1.54) is 0 Å². The lowest BCUT2D eigenvalue weighted by Gasteiger charge is -2.26. The van der Waals surface area contributed by atoms with Gasteiger partial charge in [-0.05, 0) is 62.4 Å². The Kier molecular flexibility index (Phi) is 5.21. The third kappa shape index (κ3) is 4.20. The van der Waals surface area contributed by atoms with Crippen molar-refractivity contribution in [2.24, 2.45) is 0 Å². The summed E-state index contributed by atoms with van der Waals surface area (Å²) in [6.07, 6.45) is 12.5. The zero-order valence-corrected chi connectivity index (χ0v) is 17.4. The fourth-order valence-corrected chi connectivity index (χ4v) is 4.01. The molecule has 1 saturated carbocycles. The standard InChI is InChI=1S/C23H25N7O/c1-15-11-26-23(28-16-4-7-19(31)8-5-16)29-22(15)20-13-25-21-9-6-18(14-30(20)21)27-17-3-2-10-24-12-17/h2-3,6,9-14,16,19,27,31H,4-5,7-8H2,1H3,(H,26,28,29)/t16-,19-. The Labute approximate surface area is 180 Å². The second kappa shape index (κ2) is 8.31. The molecule has 8 nitrogen and oxygen atoms in total. The van der Waals surface area contributed by atoms with Crippen molar-refractivity contribution in [2.75, 3.05) is 10.6 Å². The van der Waals surface area contributed by atoms with Gasteiger partial charge in [-0.2, -0.15) is 0 Å². The molecule has 1 aliphatic rings. The largest absolute Gasteiger partial charge is 0.393 e. The van der Waals surface area contributed by atoms with Crippen molar-refractivity contribution < 1.29 is 5.11 Å². The summed E-state index contributed by atoms with van der Waals surface area (Å²) in [6, 6.07) is 8.14. The molecule has 158 valence electrons. The van der Waals surface area contributed by atoms with E-state index in [1.807, 2.05) is 54.2 Å². The molecule has 5 rings (SSSR count). The number of aryl methyl sites for hydroxylation is 1. The van der Waals surface area contributed by atoms with Crippen LogP contribution in [-0.4, -0.2) is 41.6 Å². The predicted molar refractivity (Wildman–Crippen MR) is 120 cm³/mol. The van der Waals surface area contributed by atoms with Gasteiger partial charge in [0.15, 0.2) is 0 Å². The minimum Gasteiger partial charge on any atom is -0.393 e. The van der Waals surface area contributed by atoms with Crippen LogP contribution in [0.25, 0.3) is 17.0 Å². The van der Waals surface area contributed by atoms with Crippen molar-refractivity contribution in [3.8, 4) is 11.4 Å². The van der Waals surface area contributed by atoms with Crippen LogP contribution >= 0.6 is 0 Å². The van der Waals surface area contributed by atoms with E-state index in [-0.39, 0.29) is 12.1 Å². The van der Waals surface area contributed by atoms with Gasteiger partial charge in [0.05, 0.1) is 41.3 Å². The van der Waals surface area contributed by atoms with E-state index in [9.17, 15) is 5.11 Å². The molecule has 0 saturated heterocycles. The average molecular weight is 416 g/mol. The predicted octanol–water partition coefficient (Wildman–Crippen LogP) is 3.95. The highest BCUT2D eigenvalue weighted by molar-refractivity contribution is 5.67. The highest BCUT2D eigenvalue weighted by atomic mass is 16.3. The number of aliphatic hydroxyl groups excluding tert-OH is 1. The Balaban J connectivity index is 1.45. The smallest absolute Gasteiger partial charge is 0.223 e. The monoisotopic (exact) mass is 415 g/mol. The Hall–Kier alpha value is -3.52. The minimum absolute atomic E-state index is 0.180. The van der Waals surface area contributed by atoms with E-state index in [0.717, 1.165) is 59.7 Å². The van der Waals surface area contributed by atoms with Crippen LogP contribution in [0.5, 0.6) is 0 Å². The van der Waals surface area contributed by atoms with Crippen molar-refractivity contribution in [3.05, 3.63) is 60.8 Å². The average Bonchev–Trinajstić information content (AvgIpc) is 3.20. The van der Waals surface area contributed by atoms with Crippen molar-refractivity contribution >= 4 is 23.0 Å².